The van der Waals surface area contributed by atoms with Crippen LogP contribution < -0.4 is 5.56 Å². The number of nitrogens with one attached hydrogen (secondary N) is 1. The Balaban J connectivity index is 2.96. The van der Waals surface area contributed by atoms with Crippen LogP contribution in [0, 0.1) is 0 Å². The number of rotatable bonds is 2. The standard InChI is InChI=1S/C6H7BrN2O2/c7-5-3-4(1-2-10)8-9-6(5)11/h3,10H,1-2H2,(H,9,11). The largest absolute Gasteiger partial charge is 0.396 e. The van der Waals surface area contributed by atoms with Gasteiger partial charge in [-0.3, -0.25) is 4.79 Å². The van der Waals surface area contributed by atoms with Crippen LogP contribution in [-0.2, 0) is 6.42 Å². The van der Waals surface area contributed by atoms with Gasteiger partial charge >= 0.3 is 0 Å². The zero-order chi connectivity index (χ0) is 8.27. The van der Waals surface area contributed by atoms with Gasteiger partial charge in [-0.15, -0.1) is 0 Å². The van der Waals surface area contributed by atoms with Crippen LogP contribution in [0.5, 0.6) is 0 Å². The quantitative estimate of drug-likeness (QED) is 0.739. The first-order chi connectivity index (χ1) is 5.24. The second-order valence-corrected chi connectivity index (χ2v) is 2.86. The molecule has 11 heavy (non-hydrogen) atoms. The van der Waals surface area contributed by atoms with Crippen molar-refractivity contribution in [2.24, 2.45) is 0 Å². The highest BCUT2D eigenvalue weighted by atomic mass is 79.9. The molecule has 1 rings (SSSR count). The highest BCUT2D eigenvalue weighted by Gasteiger charge is 1.97. The van der Waals surface area contributed by atoms with Gasteiger partial charge in [0.05, 0.1) is 10.2 Å². The van der Waals surface area contributed by atoms with Gasteiger partial charge in [-0.1, -0.05) is 0 Å². The average Bonchev–Trinajstić information content (AvgIpc) is 1.98. The lowest BCUT2D eigenvalue weighted by atomic mass is 10.3. The number of nitrogens with zero attached hydrogens (tertiary/aromatic N) is 1. The van der Waals surface area contributed by atoms with Crippen molar-refractivity contribution in [2.45, 2.75) is 6.42 Å². The molecular formula is C6H7BrN2O2. The maximum Gasteiger partial charge on any atom is 0.278 e. The van der Waals surface area contributed by atoms with E-state index in [4.69, 9.17) is 5.11 Å². The zero-order valence-corrected chi connectivity index (χ0v) is 7.26. The van der Waals surface area contributed by atoms with E-state index in [1.165, 1.54) is 0 Å². The molecule has 0 aliphatic heterocycles. The van der Waals surface area contributed by atoms with Crippen molar-refractivity contribution in [3.8, 4) is 0 Å². The number of hydrogen-bond donors (Lipinski definition) is 2. The number of hydrogen-bond acceptors (Lipinski definition) is 3. The smallest absolute Gasteiger partial charge is 0.278 e. The molecule has 1 aromatic rings. The molecule has 0 atom stereocenters. The molecule has 1 heterocycles. The Kier molecular flexibility index (Phi) is 2.78. The Morgan fingerprint density at radius 3 is 3.00 bits per heavy atom. The van der Waals surface area contributed by atoms with E-state index in [-0.39, 0.29) is 12.2 Å². The molecule has 0 aromatic carbocycles. The van der Waals surface area contributed by atoms with Crippen LogP contribution in [0.4, 0.5) is 0 Å². The van der Waals surface area contributed by atoms with Crippen LogP contribution in [0.15, 0.2) is 15.3 Å². The van der Waals surface area contributed by atoms with Crippen molar-refractivity contribution in [3.05, 3.63) is 26.6 Å². The lowest BCUT2D eigenvalue weighted by molar-refractivity contribution is 0.297. The van der Waals surface area contributed by atoms with Gasteiger partial charge in [-0.2, -0.15) is 5.10 Å². The second-order valence-electron chi connectivity index (χ2n) is 2.01. The first-order valence-corrected chi connectivity index (χ1v) is 3.88. The van der Waals surface area contributed by atoms with E-state index in [1.54, 1.807) is 6.07 Å². The molecule has 4 nitrogen and oxygen atoms in total. The summed E-state index contributed by atoms with van der Waals surface area (Å²) in [6, 6.07) is 1.59. The van der Waals surface area contributed by atoms with E-state index in [1.807, 2.05) is 0 Å². The maximum atomic E-state index is 10.7. The van der Waals surface area contributed by atoms with Crippen molar-refractivity contribution in [1.29, 1.82) is 0 Å². The Morgan fingerprint density at radius 1 is 1.73 bits per heavy atom. The molecule has 2 N–H and O–H groups in total. The second kappa shape index (κ2) is 3.64. The predicted octanol–water partition coefficient (Wildman–Crippen LogP) is 0.0672. The van der Waals surface area contributed by atoms with Crippen molar-refractivity contribution < 1.29 is 5.11 Å². The van der Waals surface area contributed by atoms with E-state index in [2.05, 4.69) is 26.1 Å². The molecule has 0 spiro atoms. The summed E-state index contributed by atoms with van der Waals surface area (Å²) in [5, 5.41) is 14.5. The normalized spacial score (nSPS) is 10.0. The third-order valence-electron chi connectivity index (χ3n) is 1.18. The molecule has 0 aliphatic rings. The fraction of sp³-hybridized carbons (Fsp3) is 0.333. The molecule has 0 saturated heterocycles. The maximum absolute atomic E-state index is 10.7. The Bertz CT molecular complexity index is 297. The van der Waals surface area contributed by atoms with Crippen molar-refractivity contribution in [1.82, 2.24) is 10.2 Å². The molecule has 1 aromatic heterocycles. The minimum absolute atomic E-state index is 0.0332. The minimum Gasteiger partial charge on any atom is -0.396 e. The van der Waals surface area contributed by atoms with Crippen molar-refractivity contribution in [2.75, 3.05) is 6.61 Å². The third-order valence-corrected chi connectivity index (χ3v) is 1.77. The summed E-state index contributed by atoms with van der Waals surface area (Å²) in [6.45, 7) is 0.0332. The van der Waals surface area contributed by atoms with Crippen LogP contribution in [0.3, 0.4) is 0 Å². The van der Waals surface area contributed by atoms with E-state index in [0.717, 1.165) is 0 Å². The summed E-state index contributed by atoms with van der Waals surface area (Å²) in [4.78, 5) is 10.7. The summed E-state index contributed by atoms with van der Waals surface area (Å²) < 4.78 is 0.441. The van der Waals surface area contributed by atoms with Crippen molar-refractivity contribution in [3.63, 3.8) is 0 Å². The molecule has 0 aliphatic carbocycles. The fourth-order valence-corrected chi connectivity index (χ4v) is 1.02. The molecular weight excluding hydrogens is 212 g/mol. The predicted molar refractivity (Wildman–Crippen MR) is 43.3 cm³/mol. The van der Waals surface area contributed by atoms with Gasteiger partial charge in [0.15, 0.2) is 0 Å². The topological polar surface area (TPSA) is 66.0 Å². The summed E-state index contributed by atoms with van der Waals surface area (Å²) in [7, 11) is 0. The number of aliphatic hydroxyl groups is 1. The van der Waals surface area contributed by atoms with E-state index >= 15 is 0 Å². The fourth-order valence-electron chi connectivity index (χ4n) is 0.663. The van der Waals surface area contributed by atoms with Gasteiger partial charge < -0.3 is 5.11 Å². The van der Waals surface area contributed by atoms with Gasteiger partial charge in [0.1, 0.15) is 0 Å². The first kappa shape index (κ1) is 8.42. The molecule has 0 saturated carbocycles. The SMILES string of the molecule is O=c1[nH]nc(CCO)cc1Br. The Morgan fingerprint density at radius 2 is 2.45 bits per heavy atom. The average molecular weight is 219 g/mol. The third kappa shape index (κ3) is 2.13. The molecule has 0 bridgehead atoms. The molecule has 0 unspecified atom stereocenters. The summed E-state index contributed by atoms with van der Waals surface area (Å²) >= 11 is 3.05. The number of H-pyrrole nitrogens is 1. The number of aromatic amines is 1. The summed E-state index contributed by atoms with van der Waals surface area (Å²) in [5.74, 6) is 0. The lowest BCUT2D eigenvalue weighted by Gasteiger charge is -1.95. The Hall–Kier alpha value is -0.680. The van der Waals surface area contributed by atoms with Gasteiger partial charge in [0, 0.05) is 13.0 Å². The highest BCUT2D eigenvalue weighted by Crippen LogP contribution is 2.02. The van der Waals surface area contributed by atoms with Crippen LogP contribution in [0.2, 0.25) is 0 Å². The van der Waals surface area contributed by atoms with E-state index in [0.29, 0.717) is 16.6 Å². The number of aromatic nitrogens is 2. The van der Waals surface area contributed by atoms with Crippen LogP contribution >= 0.6 is 15.9 Å². The lowest BCUT2D eigenvalue weighted by Crippen LogP contribution is -2.11. The first-order valence-electron chi connectivity index (χ1n) is 3.09. The van der Waals surface area contributed by atoms with Crippen LogP contribution in [0.25, 0.3) is 0 Å². The van der Waals surface area contributed by atoms with Gasteiger partial charge in [-0.05, 0) is 22.0 Å². The number of halogens is 1. The molecule has 0 radical (unpaired) electrons. The van der Waals surface area contributed by atoms with E-state index in [9.17, 15) is 4.79 Å². The van der Waals surface area contributed by atoms with Crippen molar-refractivity contribution >= 4 is 15.9 Å². The van der Waals surface area contributed by atoms with Gasteiger partial charge in [0.25, 0.3) is 5.56 Å². The molecule has 0 amide bonds. The van der Waals surface area contributed by atoms with Gasteiger partial charge in [-0.25, -0.2) is 5.10 Å². The molecule has 5 heteroatoms. The summed E-state index contributed by atoms with van der Waals surface area (Å²) in [6.07, 6.45) is 0.454. The summed E-state index contributed by atoms with van der Waals surface area (Å²) in [5.41, 5.74) is 0.408. The Labute approximate surface area is 71.4 Å². The highest BCUT2D eigenvalue weighted by molar-refractivity contribution is 9.10. The van der Waals surface area contributed by atoms with E-state index < -0.39 is 0 Å². The monoisotopic (exact) mass is 218 g/mol. The number of aliphatic hydroxyl groups excluding tert-OH is 1. The molecule has 0 fully saturated rings. The van der Waals surface area contributed by atoms with Crippen LogP contribution in [-0.4, -0.2) is 21.9 Å². The zero-order valence-electron chi connectivity index (χ0n) is 5.67. The van der Waals surface area contributed by atoms with Crippen LogP contribution in [0.1, 0.15) is 5.69 Å². The van der Waals surface area contributed by atoms with Gasteiger partial charge in [0.2, 0.25) is 0 Å². The minimum atomic E-state index is -0.258. The molecule has 60 valence electrons.